The normalized spacial score (nSPS) is 21.4. The van der Waals surface area contributed by atoms with Gasteiger partial charge in [-0.3, -0.25) is 0 Å². The number of hydrogen-bond donors (Lipinski definition) is 1. The molecule has 1 N–H and O–H groups in total. The van der Waals surface area contributed by atoms with E-state index in [0.29, 0.717) is 16.6 Å². The first-order valence-corrected chi connectivity index (χ1v) is 6.96. The molecule has 104 valence electrons. The molecule has 0 atom stereocenters. The largest absolute Gasteiger partial charge is 0.380 e. The van der Waals surface area contributed by atoms with E-state index in [2.05, 4.69) is 5.32 Å². The minimum atomic E-state index is -0.302. The number of anilines is 1. The highest BCUT2D eigenvalue weighted by Crippen LogP contribution is 2.39. The van der Waals surface area contributed by atoms with Gasteiger partial charge in [0.05, 0.1) is 5.69 Å². The van der Waals surface area contributed by atoms with Gasteiger partial charge in [0.15, 0.2) is 0 Å². The Balaban J connectivity index is 1.62. The molecule has 1 saturated carbocycles. The molecule has 1 aliphatic rings. The highest BCUT2D eigenvalue weighted by Gasteiger charge is 2.30. The Labute approximate surface area is 121 Å². The van der Waals surface area contributed by atoms with E-state index in [1.165, 1.54) is 18.2 Å². The van der Waals surface area contributed by atoms with E-state index in [9.17, 15) is 8.78 Å². The van der Waals surface area contributed by atoms with Crippen molar-refractivity contribution in [2.75, 3.05) is 5.32 Å². The Hall–Kier alpha value is -1.61. The molecule has 1 fully saturated rings. The van der Waals surface area contributed by atoms with Crippen molar-refractivity contribution < 1.29 is 8.78 Å². The maximum absolute atomic E-state index is 13.6. The lowest BCUT2D eigenvalue weighted by atomic mass is 9.76. The van der Waals surface area contributed by atoms with Gasteiger partial charge in [0.2, 0.25) is 0 Å². The molecule has 4 heteroatoms. The third-order valence-corrected chi connectivity index (χ3v) is 3.98. The number of benzene rings is 2. The van der Waals surface area contributed by atoms with E-state index < -0.39 is 0 Å². The van der Waals surface area contributed by atoms with Gasteiger partial charge in [-0.1, -0.05) is 23.7 Å². The van der Waals surface area contributed by atoms with Crippen molar-refractivity contribution in [3.8, 4) is 0 Å². The van der Waals surface area contributed by atoms with Crippen LogP contribution in [0, 0.1) is 11.6 Å². The lowest BCUT2D eigenvalue weighted by Crippen LogP contribution is -2.34. The van der Waals surface area contributed by atoms with Gasteiger partial charge in [0.25, 0.3) is 0 Å². The summed E-state index contributed by atoms with van der Waals surface area (Å²) in [5, 5.41) is 3.66. The third-order valence-electron chi connectivity index (χ3n) is 3.75. The molecule has 0 unspecified atom stereocenters. The fourth-order valence-corrected chi connectivity index (χ4v) is 2.77. The molecule has 0 heterocycles. The van der Waals surface area contributed by atoms with Crippen molar-refractivity contribution >= 4 is 17.3 Å². The smallest absolute Gasteiger partial charge is 0.146 e. The summed E-state index contributed by atoms with van der Waals surface area (Å²) in [6.07, 6.45) is 1.74. The zero-order valence-electron chi connectivity index (χ0n) is 10.7. The molecular weight excluding hydrogens is 280 g/mol. The van der Waals surface area contributed by atoms with Crippen molar-refractivity contribution in [3.05, 3.63) is 64.7 Å². The van der Waals surface area contributed by atoms with Crippen LogP contribution in [0.25, 0.3) is 0 Å². The Morgan fingerprint density at radius 3 is 2.60 bits per heavy atom. The van der Waals surface area contributed by atoms with Gasteiger partial charge in [-0.2, -0.15) is 0 Å². The van der Waals surface area contributed by atoms with Crippen molar-refractivity contribution in [2.45, 2.75) is 24.8 Å². The lowest BCUT2D eigenvalue weighted by Gasteiger charge is -2.37. The Morgan fingerprint density at radius 1 is 1.05 bits per heavy atom. The van der Waals surface area contributed by atoms with Gasteiger partial charge in [0, 0.05) is 11.1 Å². The number of rotatable bonds is 3. The van der Waals surface area contributed by atoms with Crippen LogP contribution in [0.15, 0.2) is 42.5 Å². The molecule has 0 bridgehead atoms. The van der Waals surface area contributed by atoms with Crippen molar-refractivity contribution in [3.63, 3.8) is 0 Å². The van der Waals surface area contributed by atoms with Gasteiger partial charge in [0.1, 0.15) is 11.6 Å². The summed E-state index contributed by atoms with van der Waals surface area (Å²) < 4.78 is 26.7. The van der Waals surface area contributed by atoms with Gasteiger partial charge in [-0.05, 0) is 54.7 Å². The predicted octanol–water partition coefficient (Wildman–Crippen LogP) is 4.98. The van der Waals surface area contributed by atoms with Crippen LogP contribution < -0.4 is 5.32 Å². The molecule has 0 aromatic heterocycles. The summed E-state index contributed by atoms with van der Waals surface area (Å²) in [7, 11) is 0. The topological polar surface area (TPSA) is 12.0 Å². The van der Waals surface area contributed by atoms with Crippen LogP contribution in [0.2, 0.25) is 5.02 Å². The number of halogens is 3. The van der Waals surface area contributed by atoms with Crippen LogP contribution in [-0.2, 0) is 0 Å². The van der Waals surface area contributed by atoms with Crippen LogP contribution in [0.3, 0.4) is 0 Å². The van der Waals surface area contributed by atoms with Gasteiger partial charge < -0.3 is 5.32 Å². The van der Waals surface area contributed by atoms with Crippen LogP contribution in [0.1, 0.15) is 24.3 Å². The standard InChI is InChI=1S/C16H14ClF2N/c17-12-4-5-15(19)16(9-12)20-14-7-11(8-14)10-2-1-3-13(18)6-10/h1-6,9,11,14,20H,7-8H2. The lowest BCUT2D eigenvalue weighted by molar-refractivity contribution is 0.371. The fourth-order valence-electron chi connectivity index (χ4n) is 2.60. The summed E-state index contributed by atoms with van der Waals surface area (Å²) in [5.74, 6) is -0.172. The second-order valence-electron chi connectivity index (χ2n) is 5.19. The molecule has 0 spiro atoms. The van der Waals surface area contributed by atoms with E-state index in [1.54, 1.807) is 18.2 Å². The molecule has 0 saturated heterocycles. The molecule has 0 amide bonds. The molecule has 0 aliphatic heterocycles. The van der Waals surface area contributed by atoms with Crippen molar-refractivity contribution in [1.82, 2.24) is 0 Å². The highest BCUT2D eigenvalue weighted by molar-refractivity contribution is 6.30. The molecule has 3 rings (SSSR count). The SMILES string of the molecule is Fc1cccc(C2CC(Nc3cc(Cl)ccc3F)C2)c1. The number of hydrogen-bond acceptors (Lipinski definition) is 1. The Morgan fingerprint density at radius 2 is 1.85 bits per heavy atom. The number of nitrogens with one attached hydrogen (secondary N) is 1. The van der Waals surface area contributed by atoms with E-state index in [4.69, 9.17) is 11.6 Å². The van der Waals surface area contributed by atoms with Crippen molar-refractivity contribution in [1.29, 1.82) is 0 Å². The highest BCUT2D eigenvalue weighted by atomic mass is 35.5. The van der Waals surface area contributed by atoms with Crippen LogP contribution in [0.4, 0.5) is 14.5 Å². The molecule has 2 aromatic carbocycles. The van der Waals surface area contributed by atoms with E-state index in [1.807, 2.05) is 6.07 Å². The summed E-state index contributed by atoms with van der Waals surface area (Å²) in [6, 6.07) is 11.3. The molecule has 20 heavy (non-hydrogen) atoms. The zero-order chi connectivity index (χ0) is 14.1. The first-order chi connectivity index (χ1) is 9.61. The maximum Gasteiger partial charge on any atom is 0.146 e. The summed E-state index contributed by atoms with van der Waals surface area (Å²) in [6.45, 7) is 0. The van der Waals surface area contributed by atoms with Gasteiger partial charge in [-0.25, -0.2) is 8.78 Å². The van der Waals surface area contributed by atoms with Crippen LogP contribution >= 0.6 is 11.6 Å². The van der Waals surface area contributed by atoms with Crippen molar-refractivity contribution in [2.24, 2.45) is 0 Å². The summed E-state index contributed by atoms with van der Waals surface area (Å²) in [4.78, 5) is 0. The van der Waals surface area contributed by atoms with E-state index in [0.717, 1.165) is 18.4 Å². The predicted molar refractivity (Wildman–Crippen MR) is 77.2 cm³/mol. The van der Waals surface area contributed by atoms with E-state index >= 15 is 0 Å². The Bertz CT molecular complexity index is 624. The van der Waals surface area contributed by atoms with Gasteiger partial charge in [-0.15, -0.1) is 0 Å². The minimum absolute atomic E-state index is 0.205. The second kappa shape index (κ2) is 5.41. The van der Waals surface area contributed by atoms with Gasteiger partial charge >= 0.3 is 0 Å². The third kappa shape index (κ3) is 2.78. The summed E-state index contributed by atoms with van der Waals surface area (Å²) in [5.41, 5.74) is 1.44. The minimum Gasteiger partial charge on any atom is -0.380 e. The summed E-state index contributed by atoms with van der Waals surface area (Å²) >= 11 is 5.86. The Kier molecular flexibility index (Phi) is 3.62. The average Bonchev–Trinajstić information content (AvgIpc) is 2.37. The van der Waals surface area contributed by atoms with Crippen LogP contribution in [-0.4, -0.2) is 6.04 Å². The maximum atomic E-state index is 13.6. The fraction of sp³-hybridized carbons (Fsp3) is 0.250. The van der Waals surface area contributed by atoms with E-state index in [-0.39, 0.29) is 17.7 Å². The molecule has 2 aromatic rings. The first-order valence-electron chi connectivity index (χ1n) is 6.59. The second-order valence-corrected chi connectivity index (χ2v) is 5.63. The zero-order valence-corrected chi connectivity index (χ0v) is 11.5. The first kappa shape index (κ1) is 13.4. The quantitative estimate of drug-likeness (QED) is 0.842. The monoisotopic (exact) mass is 293 g/mol. The molecule has 0 radical (unpaired) electrons. The molecular formula is C16H14ClF2N. The van der Waals surface area contributed by atoms with Crippen LogP contribution in [0.5, 0.6) is 0 Å². The molecule has 1 nitrogen and oxygen atoms in total. The average molecular weight is 294 g/mol. The molecule has 1 aliphatic carbocycles.